The molecule has 0 fully saturated rings. The second kappa shape index (κ2) is 11.0. The van der Waals surface area contributed by atoms with Crippen LogP contribution in [0.2, 0.25) is 0 Å². The van der Waals surface area contributed by atoms with Gasteiger partial charge in [0.1, 0.15) is 11.3 Å². The van der Waals surface area contributed by atoms with Crippen molar-refractivity contribution in [3.8, 4) is 0 Å². The lowest BCUT2D eigenvalue weighted by atomic mass is 9.95. The Morgan fingerprint density at radius 3 is 2.81 bits per heavy atom. The van der Waals surface area contributed by atoms with Gasteiger partial charge in [0.2, 0.25) is 0 Å². The molecule has 0 spiro atoms. The van der Waals surface area contributed by atoms with Crippen LogP contribution in [0.1, 0.15) is 48.3 Å². The number of pyridine rings is 1. The second-order valence-corrected chi connectivity index (χ2v) is 8.99. The lowest BCUT2D eigenvalue weighted by molar-refractivity contribution is 0.199. The van der Waals surface area contributed by atoms with Gasteiger partial charge >= 0.3 is 0 Å². The van der Waals surface area contributed by atoms with Crippen molar-refractivity contribution >= 4 is 28.8 Å². The van der Waals surface area contributed by atoms with Crippen LogP contribution in [0.4, 0.5) is 5.82 Å². The molecule has 0 unspecified atom stereocenters. The van der Waals surface area contributed by atoms with Gasteiger partial charge in [-0.1, -0.05) is 42.3 Å². The average Bonchev–Trinajstić information content (AvgIpc) is 3.17. The first kappa shape index (κ1) is 22.1. The van der Waals surface area contributed by atoms with E-state index in [0.29, 0.717) is 12.4 Å². The third-order valence-electron chi connectivity index (χ3n) is 5.89. The minimum atomic E-state index is 0.576. The van der Waals surface area contributed by atoms with Crippen LogP contribution in [-0.2, 0) is 36.3 Å². The van der Waals surface area contributed by atoms with Crippen LogP contribution in [0.5, 0.6) is 0 Å². The van der Waals surface area contributed by atoms with Crippen LogP contribution in [0.3, 0.4) is 0 Å². The summed E-state index contributed by atoms with van der Waals surface area (Å²) in [5, 5.41) is 0. The molecule has 0 saturated heterocycles. The number of ether oxygens (including phenoxy) is 1. The summed E-state index contributed by atoms with van der Waals surface area (Å²) in [5.41, 5.74) is 12.3. The first-order valence-electron chi connectivity index (χ1n) is 11.3. The molecule has 0 bridgehead atoms. The molecule has 4 rings (SSSR count). The number of aryl methyl sites for hydroxylation is 3. The topological polar surface area (TPSA) is 78.0 Å². The molecule has 1 aromatic carbocycles. The number of nitrogens with two attached hydrogens (primary N) is 1. The number of nitrogens with zero attached hydrogens (tertiary/aromatic N) is 3. The molecule has 1 aliphatic rings. The fourth-order valence-electron chi connectivity index (χ4n) is 4.32. The monoisotopic (exact) mass is 439 g/mol. The summed E-state index contributed by atoms with van der Waals surface area (Å²) in [5.74, 6) is 2.63. The van der Waals surface area contributed by atoms with E-state index in [-0.39, 0.29) is 0 Å². The zero-order valence-corrected chi connectivity index (χ0v) is 19.2. The van der Waals surface area contributed by atoms with Gasteiger partial charge in [-0.15, -0.1) is 0 Å². The molecule has 2 aromatic heterocycles. The Morgan fingerprint density at radius 1 is 1.13 bits per heavy atom. The van der Waals surface area contributed by atoms with E-state index in [0.717, 1.165) is 62.3 Å². The number of nitrogen functional groups attached to an aromatic ring is 1. The van der Waals surface area contributed by atoms with E-state index in [1.807, 2.05) is 0 Å². The van der Waals surface area contributed by atoms with Gasteiger partial charge in [0.05, 0.1) is 12.1 Å². The zero-order chi connectivity index (χ0) is 21.5. The van der Waals surface area contributed by atoms with E-state index in [2.05, 4.69) is 44.6 Å². The summed E-state index contributed by atoms with van der Waals surface area (Å²) in [6, 6.07) is 10.6. The molecule has 7 heteroatoms. The van der Waals surface area contributed by atoms with Gasteiger partial charge in [-0.05, 0) is 49.7 Å². The number of imidazole rings is 1. The van der Waals surface area contributed by atoms with Crippen molar-refractivity contribution in [2.45, 2.75) is 57.2 Å². The van der Waals surface area contributed by atoms with Crippen molar-refractivity contribution in [3.63, 3.8) is 0 Å². The summed E-state index contributed by atoms with van der Waals surface area (Å²) >= 11 is 1.78. The molecule has 3 aromatic rings. The van der Waals surface area contributed by atoms with Crippen molar-refractivity contribution < 1.29 is 4.74 Å². The average molecular weight is 440 g/mol. The molecule has 0 amide bonds. The van der Waals surface area contributed by atoms with E-state index in [1.54, 1.807) is 19.1 Å². The molecule has 6 nitrogen and oxygen atoms in total. The second-order valence-electron chi connectivity index (χ2n) is 8.12. The Balaban J connectivity index is 1.40. The molecule has 3 N–H and O–H groups in total. The predicted octanol–water partition coefficient (Wildman–Crippen LogP) is 4.30. The molecular formula is C24H33N5OS. The van der Waals surface area contributed by atoms with Crippen molar-refractivity contribution in [2.24, 2.45) is 0 Å². The third kappa shape index (κ3) is 5.40. The van der Waals surface area contributed by atoms with Crippen LogP contribution in [0.25, 0.3) is 11.0 Å². The van der Waals surface area contributed by atoms with Crippen LogP contribution in [0.15, 0.2) is 30.3 Å². The van der Waals surface area contributed by atoms with Gasteiger partial charge in [-0.3, -0.25) is 4.72 Å². The van der Waals surface area contributed by atoms with Crippen LogP contribution >= 0.6 is 11.9 Å². The van der Waals surface area contributed by atoms with E-state index >= 15 is 0 Å². The lowest BCUT2D eigenvalue weighted by Crippen LogP contribution is -2.13. The molecule has 1 aliphatic carbocycles. The smallest absolute Gasteiger partial charge is 0.151 e. The number of nitrogens with one attached hydrogen (secondary N) is 1. The minimum Gasteiger partial charge on any atom is -0.384 e. The summed E-state index contributed by atoms with van der Waals surface area (Å²) < 4.78 is 11.2. The number of fused-ring (bicyclic) bond motifs is 3. The summed E-state index contributed by atoms with van der Waals surface area (Å²) in [6.07, 6.45) is 7.53. The maximum atomic E-state index is 6.32. The highest BCUT2D eigenvalue weighted by molar-refractivity contribution is 7.96. The van der Waals surface area contributed by atoms with E-state index in [9.17, 15) is 0 Å². The molecule has 0 saturated carbocycles. The minimum absolute atomic E-state index is 0.576. The maximum Gasteiger partial charge on any atom is 0.151 e. The molecule has 0 aliphatic heterocycles. The lowest BCUT2D eigenvalue weighted by Gasteiger charge is -2.18. The molecule has 2 heterocycles. The normalized spacial score (nSPS) is 13.6. The highest BCUT2D eigenvalue weighted by Crippen LogP contribution is 2.32. The van der Waals surface area contributed by atoms with Crippen LogP contribution in [-0.4, -0.2) is 34.8 Å². The molecule has 0 radical (unpaired) electrons. The Labute approximate surface area is 189 Å². The highest BCUT2D eigenvalue weighted by atomic mass is 32.2. The van der Waals surface area contributed by atoms with Crippen molar-refractivity contribution in [2.75, 3.05) is 26.0 Å². The Bertz CT molecular complexity index is 989. The fraction of sp³-hybridized carbons (Fsp3) is 0.500. The first-order chi connectivity index (χ1) is 15.3. The zero-order valence-electron chi connectivity index (χ0n) is 18.4. The molecule has 31 heavy (non-hydrogen) atoms. The van der Waals surface area contributed by atoms with Crippen LogP contribution < -0.4 is 10.5 Å². The van der Waals surface area contributed by atoms with Gasteiger partial charge < -0.3 is 15.0 Å². The van der Waals surface area contributed by atoms with Gasteiger partial charge in [-0.2, -0.15) is 0 Å². The van der Waals surface area contributed by atoms with Gasteiger partial charge in [0, 0.05) is 38.1 Å². The van der Waals surface area contributed by atoms with Crippen molar-refractivity contribution in [1.29, 1.82) is 0 Å². The number of hydrogen-bond donors (Lipinski definition) is 2. The number of rotatable bonds is 11. The predicted molar refractivity (Wildman–Crippen MR) is 129 cm³/mol. The maximum absolute atomic E-state index is 6.32. The Hall–Kier alpha value is -2.09. The molecule has 166 valence electrons. The van der Waals surface area contributed by atoms with E-state index < -0.39 is 0 Å². The molecular weight excluding hydrogens is 406 g/mol. The van der Waals surface area contributed by atoms with E-state index in [4.69, 9.17) is 15.5 Å². The van der Waals surface area contributed by atoms with E-state index in [1.165, 1.54) is 35.2 Å². The van der Waals surface area contributed by atoms with Crippen LogP contribution in [0, 0.1) is 0 Å². The van der Waals surface area contributed by atoms with Crippen molar-refractivity contribution in [3.05, 3.63) is 53.0 Å². The number of hydrogen-bond acceptors (Lipinski definition) is 6. The number of unbranched alkanes of at least 4 members (excludes halogenated alkanes) is 1. The highest BCUT2D eigenvalue weighted by Gasteiger charge is 2.22. The largest absolute Gasteiger partial charge is 0.384 e. The summed E-state index contributed by atoms with van der Waals surface area (Å²) in [7, 11) is 1.74. The molecule has 0 atom stereocenters. The fourth-order valence-corrected chi connectivity index (χ4v) is 5.07. The van der Waals surface area contributed by atoms with Gasteiger partial charge in [0.25, 0.3) is 0 Å². The quantitative estimate of drug-likeness (QED) is 0.343. The first-order valence-corrected chi connectivity index (χ1v) is 12.3. The summed E-state index contributed by atoms with van der Waals surface area (Å²) in [4.78, 5) is 9.59. The Morgan fingerprint density at radius 2 is 1.97 bits per heavy atom. The van der Waals surface area contributed by atoms with Gasteiger partial charge in [-0.25, -0.2) is 9.97 Å². The number of benzene rings is 1. The number of anilines is 1. The Kier molecular flexibility index (Phi) is 7.83. The number of aromatic nitrogens is 3. The van der Waals surface area contributed by atoms with Gasteiger partial charge in [0.15, 0.2) is 5.82 Å². The SMILES string of the molecule is COCCc1nc2c(N)nc3c(c2n1CCCCNSCc1ccccc1)CCCC3. The summed E-state index contributed by atoms with van der Waals surface area (Å²) in [6.45, 7) is 2.62. The third-order valence-corrected chi connectivity index (χ3v) is 6.78. The number of methoxy groups -OCH3 is 1. The standard InChI is InChI=1S/C24H33N5OS/c1-30-16-13-21-28-22-23(19-11-5-6-12-20(19)27-24(22)25)29(21)15-8-7-14-26-31-17-18-9-3-2-4-10-18/h2-4,9-10,26H,5-8,11-17H2,1H3,(H2,25,27). The van der Waals surface area contributed by atoms with Crippen molar-refractivity contribution in [1.82, 2.24) is 19.3 Å².